The van der Waals surface area contributed by atoms with E-state index < -0.39 is 5.91 Å². The number of para-hydroxylation sites is 2. The first kappa shape index (κ1) is 19.3. The van der Waals surface area contributed by atoms with Gasteiger partial charge in [-0.3, -0.25) is 4.79 Å². The Balaban J connectivity index is 2.29. The quantitative estimate of drug-likeness (QED) is 0.591. The summed E-state index contributed by atoms with van der Waals surface area (Å²) >= 11 is 0. The Bertz CT molecular complexity index is 857. The zero-order valence-corrected chi connectivity index (χ0v) is 15.8. The van der Waals surface area contributed by atoms with E-state index in [4.69, 9.17) is 4.74 Å². The fourth-order valence-electron chi connectivity index (χ4n) is 2.89. The summed E-state index contributed by atoms with van der Waals surface area (Å²) in [5.74, 6) is 0.140. The summed E-state index contributed by atoms with van der Waals surface area (Å²) in [6, 6.07) is 11.2. The van der Waals surface area contributed by atoms with Crippen LogP contribution in [0.1, 0.15) is 37.2 Å². The third-order valence-corrected chi connectivity index (χ3v) is 4.16. The highest BCUT2D eigenvalue weighted by atomic mass is 16.5. The van der Waals surface area contributed by atoms with Gasteiger partial charge in [-0.15, -0.1) is 0 Å². The second kappa shape index (κ2) is 8.91. The molecule has 5 heteroatoms. The molecule has 0 unspecified atom stereocenters. The number of rotatable bonds is 7. The van der Waals surface area contributed by atoms with E-state index in [1.807, 2.05) is 45.0 Å². The minimum Gasteiger partial charge on any atom is -0.492 e. The molecule has 2 rings (SSSR count). The molecule has 1 aromatic carbocycles. The lowest BCUT2D eigenvalue weighted by molar-refractivity contribution is -0.112. The number of carbonyl (C=O) groups is 1. The number of aromatic nitrogens is 1. The summed E-state index contributed by atoms with van der Waals surface area (Å²) in [4.78, 5) is 12.6. The normalized spacial score (nSPS) is 11.1. The number of carbonyl (C=O) groups excluding carboxylic acids is 1. The Kier molecular flexibility index (Phi) is 6.62. The number of nitriles is 1. The maximum atomic E-state index is 12.6. The third kappa shape index (κ3) is 4.34. The summed E-state index contributed by atoms with van der Waals surface area (Å²) in [6.45, 7) is 9.46. The second-order valence-electron chi connectivity index (χ2n) is 6.03. The molecule has 0 aliphatic rings. The van der Waals surface area contributed by atoms with E-state index in [1.54, 1.807) is 18.2 Å². The van der Waals surface area contributed by atoms with Crippen LogP contribution in [0.2, 0.25) is 0 Å². The Morgan fingerprint density at radius 1 is 1.31 bits per heavy atom. The molecule has 0 spiro atoms. The number of nitrogens with zero attached hydrogens (tertiary/aromatic N) is 2. The molecule has 2 aromatic rings. The van der Waals surface area contributed by atoms with Crippen LogP contribution in [0.25, 0.3) is 6.08 Å². The monoisotopic (exact) mass is 351 g/mol. The predicted molar refractivity (Wildman–Crippen MR) is 104 cm³/mol. The number of ether oxygens (including phenoxy) is 1. The summed E-state index contributed by atoms with van der Waals surface area (Å²) in [5.41, 5.74) is 3.68. The largest absolute Gasteiger partial charge is 0.492 e. The Morgan fingerprint density at radius 3 is 2.69 bits per heavy atom. The van der Waals surface area contributed by atoms with Crippen LogP contribution in [0, 0.1) is 25.2 Å². The molecule has 0 aliphatic carbocycles. The fraction of sp³-hybridized carbons (Fsp3) is 0.333. The molecule has 5 nitrogen and oxygen atoms in total. The van der Waals surface area contributed by atoms with Crippen LogP contribution in [0.4, 0.5) is 5.69 Å². The van der Waals surface area contributed by atoms with E-state index in [9.17, 15) is 10.1 Å². The molecule has 1 aromatic heterocycles. The average molecular weight is 351 g/mol. The smallest absolute Gasteiger partial charge is 0.266 e. The number of amides is 1. The number of anilines is 1. The first-order chi connectivity index (χ1) is 12.5. The molecule has 0 saturated heterocycles. The van der Waals surface area contributed by atoms with Gasteiger partial charge in [-0.05, 0) is 57.0 Å². The van der Waals surface area contributed by atoms with Crippen LogP contribution in [-0.2, 0) is 11.3 Å². The van der Waals surface area contributed by atoms with E-state index >= 15 is 0 Å². The van der Waals surface area contributed by atoms with Crippen LogP contribution < -0.4 is 10.1 Å². The summed E-state index contributed by atoms with van der Waals surface area (Å²) in [6.07, 6.45) is 2.67. The molecule has 1 N–H and O–H groups in total. The predicted octanol–water partition coefficient (Wildman–Crippen LogP) is 4.46. The van der Waals surface area contributed by atoms with Gasteiger partial charge < -0.3 is 14.6 Å². The van der Waals surface area contributed by atoms with E-state index in [1.165, 1.54) is 0 Å². The first-order valence-corrected chi connectivity index (χ1v) is 8.83. The van der Waals surface area contributed by atoms with Crippen LogP contribution >= 0.6 is 0 Å². The second-order valence-corrected chi connectivity index (χ2v) is 6.03. The van der Waals surface area contributed by atoms with Gasteiger partial charge in [0.05, 0.1) is 12.3 Å². The molecule has 0 fully saturated rings. The van der Waals surface area contributed by atoms with Gasteiger partial charge in [-0.25, -0.2) is 0 Å². The van der Waals surface area contributed by atoms with Crippen molar-refractivity contribution in [2.45, 2.75) is 40.7 Å². The van der Waals surface area contributed by atoms with Gasteiger partial charge in [0, 0.05) is 17.9 Å². The maximum Gasteiger partial charge on any atom is 0.266 e. The molecule has 26 heavy (non-hydrogen) atoms. The van der Waals surface area contributed by atoms with Crippen molar-refractivity contribution >= 4 is 17.7 Å². The average Bonchev–Trinajstić information content (AvgIpc) is 2.89. The molecule has 0 radical (unpaired) electrons. The van der Waals surface area contributed by atoms with Crippen molar-refractivity contribution in [1.29, 1.82) is 5.26 Å². The van der Waals surface area contributed by atoms with E-state index in [2.05, 4.69) is 16.8 Å². The van der Waals surface area contributed by atoms with Gasteiger partial charge in [0.25, 0.3) is 5.91 Å². The van der Waals surface area contributed by atoms with E-state index in [-0.39, 0.29) is 5.57 Å². The molecule has 1 amide bonds. The van der Waals surface area contributed by atoms with Crippen molar-refractivity contribution in [3.63, 3.8) is 0 Å². The Hall–Kier alpha value is -3.00. The zero-order valence-electron chi connectivity index (χ0n) is 15.8. The molecular formula is C21H25N3O2. The lowest BCUT2D eigenvalue weighted by Crippen LogP contribution is -2.14. The van der Waals surface area contributed by atoms with Crippen LogP contribution in [-0.4, -0.2) is 17.1 Å². The van der Waals surface area contributed by atoms with Crippen molar-refractivity contribution < 1.29 is 9.53 Å². The summed E-state index contributed by atoms with van der Waals surface area (Å²) in [5, 5.41) is 12.2. The molecule has 0 saturated carbocycles. The fourth-order valence-corrected chi connectivity index (χ4v) is 2.89. The van der Waals surface area contributed by atoms with Crippen molar-refractivity contribution in [2.75, 3.05) is 11.9 Å². The summed E-state index contributed by atoms with van der Waals surface area (Å²) in [7, 11) is 0. The third-order valence-electron chi connectivity index (χ3n) is 4.16. The van der Waals surface area contributed by atoms with Gasteiger partial charge in [-0.2, -0.15) is 5.26 Å². The van der Waals surface area contributed by atoms with Crippen molar-refractivity contribution in [3.8, 4) is 11.8 Å². The van der Waals surface area contributed by atoms with Crippen LogP contribution in [0.3, 0.4) is 0 Å². The first-order valence-electron chi connectivity index (χ1n) is 8.83. The number of aryl methyl sites for hydroxylation is 1. The van der Waals surface area contributed by atoms with Gasteiger partial charge >= 0.3 is 0 Å². The van der Waals surface area contributed by atoms with Crippen LogP contribution in [0.5, 0.6) is 5.75 Å². The SMILES string of the molecule is CCCn1c(C)cc(/C=C(\C#N)C(=O)Nc2ccccc2OCC)c1C. The highest BCUT2D eigenvalue weighted by Crippen LogP contribution is 2.25. The minimum atomic E-state index is -0.444. The minimum absolute atomic E-state index is 0.0630. The standard InChI is InChI=1S/C21H25N3O2/c1-5-11-24-15(3)12-17(16(24)4)13-18(14-22)21(25)23-19-9-7-8-10-20(19)26-6-2/h7-10,12-13H,5-6,11H2,1-4H3,(H,23,25)/b18-13+. The number of nitrogens with one attached hydrogen (secondary N) is 1. The Labute approximate surface area is 154 Å². The number of benzene rings is 1. The highest BCUT2D eigenvalue weighted by Gasteiger charge is 2.14. The molecule has 0 bridgehead atoms. The topological polar surface area (TPSA) is 67.0 Å². The molecule has 136 valence electrons. The molecule has 1 heterocycles. The van der Waals surface area contributed by atoms with E-state index in [0.717, 1.165) is 29.9 Å². The molecule has 0 aliphatic heterocycles. The summed E-state index contributed by atoms with van der Waals surface area (Å²) < 4.78 is 7.71. The molecule has 0 atom stereocenters. The number of hydrogen-bond donors (Lipinski definition) is 1. The van der Waals surface area contributed by atoms with Gasteiger partial charge in [-0.1, -0.05) is 19.1 Å². The zero-order chi connectivity index (χ0) is 19.1. The van der Waals surface area contributed by atoms with Crippen LogP contribution in [0.15, 0.2) is 35.9 Å². The van der Waals surface area contributed by atoms with Crippen molar-refractivity contribution in [1.82, 2.24) is 4.57 Å². The van der Waals surface area contributed by atoms with Crippen molar-refractivity contribution in [3.05, 3.63) is 52.9 Å². The highest BCUT2D eigenvalue weighted by molar-refractivity contribution is 6.10. The van der Waals surface area contributed by atoms with E-state index in [0.29, 0.717) is 18.0 Å². The lowest BCUT2D eigenvalue weighted by atomic mass is 10.1. The van der Waals surface area contributed by atoms with Crippen molar-refractivity contribution in [2.24, 2.45) is 0 Å². The maximum absolute atomic E-state index is 12.6. The molecular weight excluding hydrogens is 326 g/mol. The van der Waals surface area contributed by atoms with Gasteiger partial charge in [0.15, 0.2) is 0 Å². The van der Waals surface area contributed by atoms with Gasteiger partial charge in [0.2, 0.25) is 0 Å². The Morgan fingerprint density at radius 2 is 2.04 bits per heavy atom. The number of hydrogen-bond acceptors (Lipinski definition) is 3. The van der Waals surface area contributed by atoms with Gasteiger partial charge in [0.1, 0.15) is 17.4 Å². The lowest BCUT2D eigenvalue weighted by Gasteiger charge is -2.11.